The molecule has 50 heteroatoms. The van der Waals surface area contributed by atoms with Gasteiger partial charge in [0.2, 0.25) is 29.5 Å². The van der Waals surface area contributed by atoms with Crippen LogP contribution >= 0.6 is 58.8 Å². The fourth-order valence-corrected chi connectivity index (χ4v) is 24.5. The summed E-state index contributed by atoms with van der Waals surface area (Å²) in [5.41, 5.74) is 8.61. The summed E-state index contributed by atoms with van der Waals surface area (Å²) < 4.78 is 110. The fourth-order valence-electron chi connectivity index (χ4n) is 11.3. The second kappa shape index (κ2) is 82.9. The number of carbonyl (C=O) groups is 11. The number of aliphatic hydroxyl groups is 3. The normalized spacial score (nSPS) is 14.0. The maximum Gasteiger partial charge on any atom is 1.00 e. The predicted octanol–water partition coefficient (Wildman–Crippen LogP) is 2.58. The van der Waals surface area contributed by atoms with Crippen molar-refractivity contribution in [3.8, 4) is 6.07 Å². The second-order valence-corrected chi connectivity index (χ2v) is 46.3. The molecule has 0 heterocycles. The van der Waals surface area contributed by atoms with Crippen LogP contribution in [0.3, 0.4) is 0 Å². The maximum atomic E-state index is 12.5. The summed E-state index contributed by atoms with van der Waals surface area (Å²) >= 11 is 7.30. The van der Waals surface area contributed by atoms with E-state index in [1.54, 1.807) is 48.5 Å². The van der Waals surface area contributed by atoms with Crippen LogP contribution in [0.1, 0.15) is 175 Å². The Hall–Kier alpha value is -3.75. The van der Waals surface area contributed by atoms with Gasteiger partial charge in [-0.1, -0.05) is 34.6 Å². The molecule has 0 aliphatic rings. The third-order valence-electron chi connectivity index (χ3n) is 18.5. The number of carbonyl (C=O) groups excluding carboxylic acids is 11. The average molecular weight is 2080 g/mol. The molecule has 0 saturated heterocycles. The van der Waals surface area contributed by atoms with Crippen LogP contribution in [0.4, 0.5) is 4.79 Å². The molecule has 13 N–H and O–H groups in total. The number of rotatable bonds is 82. The smallest absolute Gasteiger partial charge is 0.748 e. The van der Waals surface area contributed by atoms with Gasteiger partial charge < -0.3 is 127 Å². The van der Waals surface area contributed by atoms with Gasteiger partial charge in [-0.05, 0) is 115 Å². The van der Waals surface area contributed by atoms with Crippen LogP contribution in [0.2, 0.25) is 18.1 Å². The van der Waals surface area contributed by atoms with Gasteiger partial charge in [0, 0.05) is 205 Å². The molecular formula is C83H160N9NaO31S6Si3. The Kier molecular flexibility index (Phi) is 84.5. The van der Waals surface area contributed by atoms with Crippen molar-refractivity contribution in [3.63, 3.8) is 0 Å². The molecule has 0 aliphatic carbocycles. The van der Waals surface area contributed by atoms with E-state index in [0.717, 1.165) is 0 Å². The zero-order chi connectivity index (χ0) is 100. The van der Waals surface area contributed by atoms with Gasteiger partial charge in [-0.25, -0.2) is 13.2 Å². The number of hydrogen-bond acceptors (Lipinski definition) is 38. The Bertz CT molecular complexity index is 3290. The quantitative estimate of drug-likeness (QED) is 0.0137. The van der Waals surface area contributed by atoms with E-state index in [1.807, 2.05) is 62.3 Å². The van der Waals surface area contributed by atoms with E-state index >= 15 is 0 Å². The standard InChI is InChI=1S/C29H53N3O10SSi.C28H54N2O12S3Si.C26H54N4O9S2Si.Na/c1-7-40-44(41-8-2,42-9-3)16-10-14-32-25(34)11-13-29(6,21-30)17-22(4)28(37)39-19-24(33)18-38-26(35)12-15-43-20-23(5)27(31)36;1-6-40-46(41-7-2,42-8-3)20-9-13-29-25(31)11-17-43-22-24(5)28(34)39-16-14-30-26(32)12-18-44-21-23(4)27(33)38-15-10-19-45(35,36)37;1-6-37-42(38-7-2,39-8-3)15-9-10-29-25(35)30-12-14-40-18-21(4)23(33)36-17-22(32)16-28-11-13-41-20-26(5,19-31)24(27)34;/h22-24,33H,7-20H2,1-6H3,(H2,31,36)(H,32,34);23-24H,6-22H2,1-5H3,(H,29,31)(H,30,32)(H,35,36,37);21-22,28,31-32H,6-20H2,1-5H3,(H2,27,34)(H2,29,30,35);/q;;;+1/p-1. The molecular weight excluding hydrogens is 1920 g/mol. The summed E-state index contributed by atoms with van der Waals surface area (Å²) in [6, 6.07) is 3.80. The molecule has 0 bridgehead atoms. The zero-order valence-electron chi connectivity index (χ0n) is 81.9. The first-order valence-corrected chi connectivity index (χ1v) is 58.6. The number of urea groups is 1. The van der Waals surface area contributed by atoms with E-state index in [-0.39, 0.29) is 174 Å². The largest absolute Gasteiger partial charge is 1.00 e. The van der Waals surface area contributed by atoms with Crippen LogP contribution in [0.15, 0.2) is 0 Å². The number of primary amides is 2. The summed E-state index contributed by atoms with van der Waals surface area (Å²) in [5.74, 6) is -1.31. The second-order valence-electron chi connectivity index (χ2n) is 30.9. The number of nitrogens with two attached hydrogens (primary N) is 2. The van der Waals surface area contributed by atoms with E-state index < -0.39 is 107 Å². The molecule has 133 heavy (non-hydrogen) atoms. The summed E-state index contributed by atoms with van der Waals surface area (Å²) in [5, 5.41) is 56.3. The van der Waals surface area contributed by atoms with E-state index in [4.69, 9.17) is 75.0 Å². The summed E-state index contributed by atoms with van der Waals surface area (Å²) in [6.45, 7) is 35.1. The minimum absolute atomic E-state index is 0. The molecule has 772 valence electrons. The topological polar surface area (TPSA) is 583 Å². The number of nitrogens with one attached hydrogen (secondary N) is 6. The van der Waals surface area contributed by atoms with Gasteiger partial charge in [-0.15, -0.1) is 0 Å². The number of hydrogen-bond donors (Lipinski definition) is 11. The first-order valence-electron chi connectivity index (χ1n) is 45.4. The zero-order valence-corrected chi connectivity index (χ0v) is 91.8. The molecule has 0 rings (SSSR count). The molecule has 0 fully saturated rings. The molecule has 0 spiro atoms. The third-order valence-corrected chi connectivity index (χ3v) is 35.0. The Morgan fingerprint density at radius 2 is 0.812 bits per heavy atom. The number of nitrogens with zero attached hydrogens (tertiary/aromatic N) is 1. The van der Waals surface area contributed by atoms with Gasteiger partial charge in [0.05, 0.1) is 76.9 Å². The van der Waals surface area contributed by atoms with E-state index in [1.165, 1.54) is 58.8 Å². The van der Waals surface area contributed by atoms with Crippen LogP contribution in [0.5, 0.6) is 0 Å². The molecule has 40 nitrogen and oxygen atoms in total. The number of nitriles is 1. The SMILES string of the molecule is CCO[Si](CCCNC(=O)CCC(C)(C#N)CC(C)C(=O)OCC(O)COC(=O)CCSCC(C)C(N)=O)(OCC)OCC.CCO[Si](CCCNC(=O)CCSCC(C)C(=O)OCCNC(=O)CCSCC(C)C(=O)OCCCS(=O)(=O)[O-])(OCC)OCC.CCO[Si](CCCNC(=O)NCCSCC(C)C(=O)OCC(O)CNCCSCC(C)(CO)C(N)=O)(OCC)OCC.[Na+]. The van der Waals surface area contributed by atoms with Gasteiger partial charge >= 0.3 is 91.8 Å². The number of esters is 5. The van der Waals surface area contributed by atoms with Crippen molar-refractivity contribution >= 4 is 161 Å². The van der Waals surface area contributed by atoms with Crippen molar-refractivity contribution in [1.82, 2.24) is 31.9 Å². The summed E-state index contributed by atoms with van der Waals surface area (Å²) in [6.07, 6.45) is 1.09. The Morgan fingerprint density at radius 3 is 1.23 bits per heavy atom. The first-order chi connectivity index (χ1) is 62.5. The van der Waals surface area contributed by atoms with Crippen molar-refractivity contribution in [3.05, 3.63) is 0 Å². The van der Waals surface area contributed by atoms with Crippen molar-refractivity contribution < 1.29 is 174 Å². The van der Waals surface area contributed by atoms with E-state index in [9.17, 15) is 86.3 Å². The van der Waals surface area contributed by atoms with Gasteiger partial charge in [0.15, 0.2) is 0 Å². The monoisotopic (exact) mass is 2080 g/mol. The van der Waals surface area contributed by atoms with Crippen molar-refractivity contribution in [2.45, 2.75) is 205 Å². The molecule has 9 atom stereocenters. The fraction of sp³-hybridized carbons (Fsp3) is 0.855. The molecule has 0 aromatic carbocycles. The number of amides is 7. The molecule has 0 aromatic rings. The predicted molar refractivity (Wildman–Crippen MR) is 517 cm³/mol. The third kappa shape index (κ3) is 72.2. The summed E-state index contributed by atoms with van der Waals surface area (Å²) in [4.78, 5) is 132. The average Bonchev–Trinajstić information content (AvgIpc) is 1.76. The Labute approximate surface area is 837 Å². The van der Waals surface area contributed by atoms with Crippen molar-refractivity contribution in [1.29, 1.82) is 5.26 Å². The van der Waals surface area contributed by atoms with Gasteiger partial charge in [0.1, 0.15) is 38.6 Å². The van der Waals surface area contributed by atoms with Crippen molar-refractivity contribution in [2.24, 2.45) is 51.9 Å². The summed E-state index contributed by atoms with van der Waals surface area (Å²) in [7, 11) is -12.5. The Morgan fingerprint density at radius 1 is 0.451 bits per heavy atom. The first kappa shape index (κ1) is 136. The van der Waals surface area contributed by atoms with Gasteiger partial charge in [-0.3, -0.25) is 47.9 Å². The van der Waals surface area contributed by atoms with Crippen LogP contribution in [-0.2, 0) is 122 Å². The van der Waals surface area contributed by atoms with Crippen LogP contribution in [0.25, 0.3) is 0 Å². The Balaban J connectivity index is -0.000000936. The molecule has 0 aromatic heterocycles. The molecule has 0 saturated carbocycles. The van der Waals surface area contributed by atoms with E-state index in [2.05, 4.69) is 38.0 Å². The number of ether oxygens (including phenoxy) is 5. The van der Waals surface area contributed by atoms with Crippen molar-refractivity contribution in [2.75, 3.05) is 208 Å². The molecule has 0 aliphatic heterocycles. The minimum Gasteiger partial charge on any atom is -0.748 e. The van der Waals surface area contributed by atoms with Crippen LogP contribution < -0.4 is 72.9 Å². The van der Waals surface area contributed by atoms with Gasteiger partial charge in [0.25, 0.3) is 0 Å². The molecule has 0 radical (unpaired) electrons. The van der Waals surface area contributed by atoms with Gasteiger partial charge in [-0.2, -0.15) is 64.1 Å². The van der Waals surface area contributed by atoms with E-state index in [0.29, 0.717) is 194 Å². The number of aliphatic hydroxyl groups excluding tert-OH is 3. The minimum atomic E-state index is -4.33. The maximum absolute atomic E-state index is 12.5. The molecule has 9 unspecified atom stereocenters. The number of thioether (sulfide) groups is 5. The molecule has 7 amide bonds. The van der Waals surface area contributed by atoms with Crippen LogP contribution in [0, 0.1) is 51.8 Å². The van der Waals surface area contributed by atoms with Crippen LogP contribution in [-0.4, -0.2) is 341 Å².